The first-order valence-corrected chi connectivity index (χ1v) is 15.7. The molecule has 0 radical (unpaired) electrons. The summed E-state index contributed by atoms with van der Waals surface area (Å²) in [5.41, 5.74) is 11.5. The fourth-order valence-electron chi connectivity index (χ4n) is 5.05. The lowest BCUT2D eigenvalue weighted by Crippen LogP contribution is -2.60. The normalized spacial score (nSPS) is 27.3. The van der Waals surface area contributed by atoms with E-state index in [0.717, 1.165) is 0 Å². The monoisotopic (exact) mass is 689 g/mol. The van der Waals surface area contributed by atoms with Crippen LogP contribution in [-0.4, -0.2) is 190 Å². The summed E-state index contributed by atoms with van der Waals surface area (Å²) in [6, 6.07) is -2.68. The standard InChI is InChI=1S/C28H59N5O14/c1-12(33-26(43)24(42)22(40)17(36)8-29)25(47-28(44-5)23(41)20(31-4)13(2)35)21(39)14(3)45-27-16(30)7-6-15(46-27)9-32-10-18(37)19(38)11-34/h12-25,27-28,31-32,34-42H,6-11,29-30H2,1-5H3,(H,33,43)/t12-,13?,14?,15+,16?,17+,18?,19?,20+,21?,22+,23?,24+,25?,27+,28-/m1/s1. The van der Waals surface area contributed by atoms with Crippen LogP contribution < -0.4 is 27.4 Å². The third kappa shape index (κ3) is 13.6. The van der Waals surface area contributed by atoms with Crippen LogP contribution in [0.1, 0.15) is 33.6 Å². The number of nitrogens with one attached hydrogen (secondary N) is 3. The van der Waals surface area contributed by atoms with Crippen molar-refractivity contribution in [1.82, 2.24) is 16.0 Å². The lowest BCUT2D eigenvalue weighted by atomic mass is 10.00. The number of hydrogen-bond acceptors (Lipinski definition) is 18. The van der Waals surface area contributed by atoms with Crippen LogP contribution in [0.2, 0.25) is 0 Å². The summed E-state index contributed by atoms with van der Waals surface area (Å²) < 4.78 is 23.3. The molecule has 0 spiro atoms. The van der Waals surface area contributed by atoms with Crippen LogP contribution >= 0.6 is 0 Å². The zero-order valence-electron chi connectivity index (χ0n) is 27.7. The summed E-state index contributed by atoms with van der Waals surface area (Å²) >= 11 is 0. The van der Waals surface area contributed by atoms with Crippen LogP contribution in [0.4, 0.5) is 0 Å². The molecule has 1 amide bonds. The first-order chi connectivity index (χ1) is 22.0. The average molecular weight is 690 g/mol. The zero-order valence-corrected chi connectivity index (χ0v) is 27.7. The fraction of sp³-hybridized carbons (Fsp3) is 0.964. The predicted octanol–water partition coefficient (Wildman–Crippen LogP) is -6.88. The highest BCUT2D eigenvalue weighted by Crippen LogP contribution is 2.24. The maximum Gasteiger partial charge on any atom is 0.251 e. The largest absolute Gasteiger partial charge is 0.394 e. The number of rotatable bonds is 23. The molecule has 1 heterocycles. The van der Waals surface area contributed by atoms with Gasteiger partial charge in [-0.15, -0.1) is 0 Å². The Morgan fingerprint density at radius 1 is 0.957 bits per heavy atom. The van der Waals surface area contributed by atoms with Crippen molar-refractivity contribution < 1.29 is 69.7 Å². The van der Waals surface area contributed by atoms with Crippen molar-refractivity contribution in [2.24, 2.45) is 11.5 Å². The van der Waals surface area contributed by atoms with Crippen molar-refractivity contribution in [1.29, 1.82) is 0 Å². The Hall–Kier alpha value is -1.21. The minimum Gasteiger partial charge on any atom is -0.394 e. The molecule has 0 saturated carbocycles. The fourth-order valence-corrected chi connectivity index (χ4v) is 5.05. The number of aliphatic hydroxyl groups is 9. The molecule has 47 heavy (non-hydrogen) atoms. The number of hydrogen-bond donors (Lipinski definition) is 14. The van der Waals surface area contributed by atoms with Crippen molar-refractivity contribution >= 4 is 5.91 Å². The van der Waals surface area contributed by atoms with Gasteiger partial charge in [-0.1, -0.05) is 0 Å². The van der Waals surface area contributed by atoms with Crippen LogP contribution in [0.5, 0.6) is 0 Å². The number of methoxy groups -OCH3 is 1. The molecule has 1 fully saturated rings. The topological polar surface area (TPSA) is 324 Å². The molecule has 1 aliphatic heterocycles. The van der Waals surface area contributed by atoms with Gasteiger partial charge in [0.2, 0.25) is 0 Å². The number of carbonyl (C=O) groups excluding carboxylic acids is 1. The minimum atomic E-state index is -2.10. The molecule has 0 aromatic carbocycles. The van der Waals surface area contributed by atoms with Crippen LogP contribution in [0.25, 0.3) is 0 Å². The van der Waals surface area contributed by atoms with Gasteiger partial charge in [-0.25, -0.2) is 0 Å². The molecule has 16 atom stereocenters. The van der Waals surface area contributed by atoms with Gasteiger partial charge in [0.1, 0.15) is 30.5 Å². The molecular weight excluding hydrogens is 630 g/mol. The molecule has 280 valence electrons. The van der Waals surface area contributed by atoms with Crippen molar-refractivity contribution in [2.75, 3.05) is 40.4 Å². The molecule has 16 N–H and O–H groups in total. The van der Waals surface area contributed by atoms with Gasteiger partial charge in [0.15, 0.2) is 18.7 Å². The third-order valence-corrected chi connectivity index (χ3v) is 8.14. The first kappa shape index (κ1) is 43.8. The minimum absolute atomic E-state index is 0.0101. The van der Waals surface area contributed by atoms with Crippen molar-refractivity contribution in [2.45, 2.75) is 131 Å². The maximum absolute atomic E-state index is 12.8. The van der Waals surface area contributed by atoms with E-state index < -0.39 is 117 Å². The van der Waals surface area contributed by atoms with Gasteiger partial charge in [-0.2, -0.15) is 0 Å². The Kier molecular flexibility index (Phi) is 20.3. The summed E-state index contributed by atoms with van der Waals surface area (Å²) in [7, 11) is 2.72. The molecule has 0 bridgehead atoms. The van der Waals surface area contributed by atoms with Gasteiger partial charge in [-0.3, -0.25) is 4.79 Å². The molecule has 8 unspecified atom stereocenters. The van der Waals surface area contributed by atoms with Crippen LogP contribution in [0.3, 0.4) is 0 Å². The molecule has 1 aliphatic rings. The average Bonchev–Trinajstić information content (AvgIpc) is 3.04. The molecule has 1 saturated heterocycles. The van der Waals surface area contributed by atoms with E-state index in [1.165, 1.54) is 34.9 Å². The van der Waals surface area contributed by atoms with E-state index in [4.69, 9.17) is 35.5 Å². The Labute approximate surface area is 275 Å². The van der Waals surface area contributed by atoms with Gasteiger partial charge in [-0.05, 0) is 40.7 Å². The van der Waals surface area contributed by atoms with Crippen LogP contribution in [-0.2, 0) is 23.7 Å². The van der Waals surface area contributed by atoms with Gasteiger partial charge in [0.25, 0.3) is 5.91 Å². The number of carbonyl (C=O) groups is 1. The summed E-state index contributed by atoms with van der Waals surface area (Å²) in [5.74, 6) is -1.12. The Morgan fingerprint density at radius 2 is 1.60 bits per heavy atom. The molecule has 19 nitrogen and oxygen atoms in total. The lowest BCUT2D eigenvalue weighted by molar-refractivity contribution is -0.265. The first-order valence-electron chi connectivity index (χ1n) is 15.7. The quantitative estimate of drug-likeness (QED) is 0.0443. The van der Waals surface area contributed by atoms with E-state index in [-0.39, 0.29) is 13.1 Å². The SMILES string of the molecule is CN[C@@H](C(C)O)C(O)[C@H](OC)OC(C(O)C(C)O[C@H]1O[C@H](CNCC(O)C(O)CO)CCC1N)[C@@H](C)NC(=O)[C@@H](O)[C@@H](O)[C@@H](O)CN. The highest BCUT2D eigenvalue weighted by Gasteiger charge is 2.41. The number of amides is 1. The summed E-state index contributed by atoms with van der Waals surface area (Å²) in [6.07, 6.45) is -16.6. The second kappa shape index (κ2) is 21.8. The summed E-state index contributed by atoms with van der Waals surface area (Å²) in [5, 5.41) is 99.1. The van der Waals surface area contributed by atoms with E-state index in [1.54, 1.807) is 0 Å². The van der Waals surface area contributed by atoms with Gasteiger partial charge in [0, 0.05) is 26.7 Å². The van der Waals surface area contributed by atoms with Crippen molar-refractivity contribution in [3.63, 3.8) is 0 Å². The Bertz CT molecular complexity index is 868. The van der Waals surface area contributed by atoms with Gasteiger partial charge in [0.05, 0.1) is 55.3 Å². The van der Waals surface area contributed by atoms with Gasteiger partial charge < -0.3 is 92.3 Å². The Balaban J connectivity index is 3.13. The van der Waals surface area contributed by atoms with E-state index >= 15 is 0 Å². The maximum atomic E-state index is 12.8. The van der Waals surface area contributed by atoms with Crippen LogP contribution in [0.15, 0.2) is 0 Å². The summed E-state index contributed by atoms with van der Waals surface area (Å²) in [6.45, 7) is 3.55. The highest BCUT2D eigenvalue weighted by atomic mass is 16.7. The molecule has 0 aliphatic carbocycles. The van der Waals surface area contributed by atoms with E-state index in [0.29, 0.717) is 12.8 Å². The number of likely N-dealkylation sites (N-methyl/N-ethyl adjacent to an activating group) is 1. The lowest BCUT2D eigenvalue weighted by Gasteiger charge is -2.40. The van der Waals surface area contributed by atoms with Crippen molar-refractivity contribution in [3.8, 4) is 0 Å². The molecule has 19 heteroatoms. The van der Waals surface area contributed by atoms with E-state index in [2.05, 4.69) is 16.0 Å². The van der Waals surface area contributed by atoms with E-state index in [9.17, 15) is 45.6 Å². The third-order valence-electron chi connectivity index (χ3n) is 8.14. The number of aliphatic hydroxyl groups excluding tert-OH is 9. The number of nitrogens with two attached hydrogens (primary N) is 2. The predicted molar refractivity (Wildman–Crippen MR) is 165 cm³/mol. The highest BCUT2D eigenvalue weighted by molar-refractivity contribution is 5.81. The molecule has 0 aromatic rings. The molecule has 0 aromatic heterocycles. The van der Waals surface area contributed by atoms with Crippen molar-refractivity contribution in [3.05, 3.63) is 0 Å². The zero-order chi connectivity index (χ0) is 36.0. The Morgan fingerprint density at radius 3 is 2.13 bits per heavy atom. The van der Waals surface area contributed by atoms with Gasteiger partial charge >= 0.3 is 0 Å². The second-order valence-corrected chi connectivity index (χ2v) is 12.0. The smallest absolute Gasteiger partial charge is 0.251 e. The van der Waals surface area contributed by atoms with E-state index in [1.807, 2.05) is 0 Å². The molecule has 1 rings (SSSR count). The molecular formula is C28H59N5O14. The summed E-state index contributed by atoms with van der Waals surface area (Å²) in [4.78, 5) is 12.8. The number of ether oxygens (including phenoxy) is 4. The second-order valence-electron chi connectivity index (χ2n) is 12.0. The van der Waals surface area contributed by atoms with Crippen LogP contribution in [0, 0.1) is 0 Å².